The average Bonchev–Trinajstić information content (AvgIpc) is 3.62. The molecule has 2 amide bonds. The molecule has 3 N–H and O–H groups in total. The number of nitrogens with zero attached hydrogens (tertiary/aromatic N) is 2. The van der Waals surface area contributed by atoms with Crippen molar-refractivity contribution in [3.63, 3.8) is 0 Å². The summed E-state index contributed by atoms with van der Waals surface area (Å²) in [5.74, 6) is -4.37. The van der Waals surface area contributed by atoms with Crippen LogP contribution in [-0.2, 0) is 25.5 Å². The van der Waals surface area contributed by atoms with E-state index < -0.39 is 53.2 Å². The molecule has 0 fully saturated rings. The molecule has 1 aromatic heterocycles. The number of ether oxygens (including phenoxy) is 3. The molecule has 4 aromatic rings. The number of benzene rings is 3. The predicted molar refractivity (Wildman–Crippen MR) is 202 cm³/mol. The lowest BCUT2D eigenvalue weighted by molar-refractivity contribution is -0.152. The Labute approximate surface area is 313 Å². The fourth-order valence-corrected chi connectivity index (χ4v) is 5.92. The summed E-state index contributed by atoms with van der Waals surface area (Å²) < 4.78 is 16.6. The maximum absolute atomic E-state index is 14.4. The van der Waals surface area contributed by atoms with Crippen molar-refractivity contribution in [2.75, 3.05) is 18.7 Å². The number of hydrogen-bond acceptors (Lipinski definition) is 9. The second-order valence-corrected chi connectivity index (χ2v) is 13.7. The van der Waals surface area contributed by atoms with Gasteiger partial charge in [0.25, 0.3) is 11.8 Å². The van der Waals surface area contributed by atoms with E-state index in [4.69, 9.17) is 14.2 Å². The van der Waals surface area contributed by atoms with Gasteiger partial charge in [0.2, 0.25) is 6.79 Å². The van der Waals surface area contributed by atoms with E-state index in [9.17, 15) is 29.4 Å². The molecule has 12 heteroatoms. The molecule has 280 valence electrons. The first-order valence-electron chi connectivity index (χ1n) is 17.4. The Morgan fingerprint density at radius 2 is 1.61 bits per heavy atom. The average molecular weight is 734 g/mol. The number of amides is 2. The normalized spacial score (nSPS) is 13.8. The second kappa shape index (κ2) is 17.4. The van der Waals surface area contributed by atoms with Crippen molar-refractivity contribution in [1.29, 1.82) is 0 Å². The van der Waals surface area contributed by atoms with Crippen molar-refractivity contribution < 1.29 is 43.6 Å². The maximum Gasteiger partial charge on any atom is 0.339 e. The Hall–Kier alpha value is -6.43. The Morgan fingerprint density at radius 3 is 2.30 bits per heavy atom. The number of esters is 1. The third kappa shape index (κ3) is 10.3. The number of carboxylic acid groups (broad SMARTS) is 1. The number of carboxylic acids is 1. The SMILES string of the molecule is CC(C(Cc1cc(C(=O)Nc2ccccc2)ccn1)c1ccc2c(c1)OCO2)N(C/C=C/c1ccccc1)C(=O)C(O)=C(CC(=O)O)C(=O)OC(C)(C)C. The van der Waals surface area contributed by atoms with E-state index in [2.05, 4.69) is 10.3 Å². The van der Waals surface area contributed by atoms with Gasteiger partial charge in [-0.3, -0.25) is 19.4 Å². The van der Waals surface area contributed by atoms with Crippen LogP contribution in [0.15, 0.2) is 115 Å². The predicted octanol–water partition coefficient (Wildman–Crippen LogP) is 6.95. The minimum Gasteiger partial charge on any atom is -0.503 e. The molecule has 0 radical (unpaired) electrons. The van der Waals surface area contributed by atoms with Crippen LogP contribution in [0.4, 0.5) is 5.69 Å². The summed E-state index contributed by atoms with van der Waals surface area (Å²) in [6.45, 7) is 6.57. The van der Waals surface area contributed by atoms with E-state index in [1.807, 2.05) is 66.7 Å². The van der Waals surface area contributed by atoms with Crippen LogP contribution >= 0.6 is 0 Å². The van der Waals surface area contributed by atoms with Crippen LogP contribution in [0.2, 0.25) is 0 Å². The molecule has 0 saturated carbocycles. The number of anilines is 1. The van der Waals surface area contributed by atoms with Gasteiger partial charge in [-0.25, -0.2) is 4.79 Å². The Balaban J connectivity index is 1.56. The smallest absolute Gasteiger partial charge is 0.339 e. The van der Waals surface area contributed by atoms with E-state index in [-0.39, 0.29) is 25.7 Å². The van der Waals surface area contributed by atoms with Crippen LogP contribution in [0.1, 0.15) is 67.2 Å². The van der Waals surface area contributed by atoms with E-state index in [1.165, 1.54) is 11.1 Å². The van der Waals surface area contributed by atoms with Gasteiger partial charge in [0.05, 0.1) is 12.0 Å². The van der Waals surface area contributed by atoms with Crippen molar-refractivity contribution in [1.82, 2.24) is 9.88 Å². The number of para-hydroxylation sites is 1. The fraction of sp³-hybridized carbons (Fsp3) is 0.262. The zero-order valence-corrected chi connectivity index (χ0v) is 30.5. The molecule has 5 rings (SSSR count). The van der Waals surface area contributed by atoms with Crippen molar-refractivity contribution in [3.05, 3.63) is 137 Å². The summed E-state index contributed by atoms with van der Waals surface area (Å²) in [5.41, 5.74) is 1.43. The number of aromatic nitrogens is 1. The first kappa shape index (κ1) is 38.8. The number of fused-ring (bicyclic) bond motifs is 1. The Kier molecular flexibility index (Phi) is 12.5. The highest BCUT2D eigenvalue weighted by atomic mass is 16.7. The molecule has 3 aromatic carbocycles. The molecule has 0 saturated heterocycles. The second-order valence-electron chi connectivity index (χ2n) is 13.7. The van der Waals surface area contributed by atoms with Crippen LogP contribution in [0, 0.1) is 0 Å². The van der Waals surface area contributed by atoms with Crippen LogP contribution < -0.4 is 14.8 Å². The number of aliphatic hydroxyl groups excluding tert-OH is 1. The molecule has 2 unspecified atom stereocenters. The van der Waals surface area contributed by atoms with Gasteiger partial charge < -0.3 is 34.6 Å². The molecule has 0 aliphatic carbocycles. The molecule has 1 aliphatic rings. The minimum absolute atomic E-state index is 0.0401. The van der Waals surface area contributed by atoms with Crippen LogP contribution in [0.25, 0.3) is 6.08 Å². The zero-order chi connectivity index (χ0) is 38.8. The summed E-state index contributed by atoms with van der Waals surface area (Å²) in [7, 11) is 0. The lowest BCUT2D eigenvalue weighted by atomic mass is 9.86. The summed E-state index contributed by atoms with van der Waals surface area (Å²) in [6.07, 6.45) is 4.37. The number of nitrogens with one attached hydrogen (secondary N) is 1. The number of hydrogen-bond donors (Lipinski definition) is 3. The van der Waals surface area contributed by atoms with Gasteiger partial charge in [0.1, 0.15) is 5.60 Å². The number of carbonyl (C=O) groups excluding carboxylic acids is 3. The standard InChI is InChI=1S/C42H43N3O9/c1-27(45(21-11-14-28-12-7-5-8-13-28)40(50)38(48)34(25-37(46)47)41(51)54-42(2,3)4)33(29-17-18-35-36(23-29)53-26-52-35)24-32-22-30(19-20-43-32)39(49)44-31-15-9-6-10-16-31/h5-20,22-23,27,33,48H,21,24-26H2,1-4H3,(H,44,49)(H,46,47)/b14-11+,38-34?. The van der Waals surface area contributed by atoms with Gasteiger partial charge in [-0.2, -0.15) is 0 Å². The highest BCUT2D eigenvalue weighted by Gasteiger charge is 2.35. The molecule has 12 nitrogen and oxygen atoms in total. The van der Waals surface area contributed by atoms with Crippen LogP contribution in [0.3, 0.4) is 0 Å². The van der Waals surface area contributed by atoms with Crippen LogP contribution in [0.5, 0.6) is 11.5 Å². The number of aliphatic carboxylic acids is 1. The Morgan fingerprint density at radius 1 is 0.926 bits per heavy atom. The quantitative estimate of drug-likeness (QED) is 0.0702. The molecular formula is C42H43N3O9. The molecular weight excluding hydrogens is 690 g/mol. The van der Waals surface area contributed by atoms with E-state index in [1.54, 1.807) is 64.1 Å². The summed E-state index contributed by atoms with van der Waals surface area (Å²) >= 11 is 0. The largest absolute Gasteiger partial charge is 0.503 e. The van der Waals surface area contributed by atoms with Crippen molar-refractivity contribution >= 4 is 35.5 Å². The lowest BCUT2D eigenvalue weighted by Crippen LogP contribution is -2.44. The van der Waals surface area contributed by atoms with Crippen molar-refractivity contribution in [3.8, 4) is 11.5 Å². The lowest BCUT2D eigenvalue weighted by Gasteiger charge is -2.35. The molecule has 0 bridgehead atoms. The third-order valence-electron chi connectivity index (χ3n) is 8.57. The molecule has 54 heavy (non-hydrogen) atoms. The zero-order valence-electron chi connectivity index (χ0n) is 30.5. The van der Waals surface area contributed by atoms with Crippen molar-refractivity contribution in [2.45, 2.75) is 58.1 Å². The highest BCUT2D eigenvalue weighted by Crippen LogP contribution is 2.37. The highest BCUT2D eigenvalue weighted by molar-refractivity contribution is 6.04. The minimum atomic E-state index is -1.43. The monoisotopic (exact) mass is 733 g/mol. The maximum atomic E-state index is 14.4. The molecule has 2 atom stereocenters. The van der Waals surface area contributed by atoms with E-state index in [0.29, 0.717) is 28.4 Å². The van der Waals surface area contributed by atoms with E-state index >= 15 is 0 Å². The number of aliphatic hydroxyl groups is 1. The third-order valence-corrected chi connectivity index (χ3v) is 8.57. The van der Waals surface area contributed by atoms with Crippen molar-refractivity contribution in [2.24, 2.45) is 0 Å². The molecule has 2 heterocycles. The van der Waals surface area contributed by atoms with Gasteiger partial charge >= 0.3 is 11.9 Å². The van der Waals surface area contributed by atoms with Gasteiger partial charge in [-0.15, -0.1) is 0 Å². The molecule has 0 spiro atoms. The topological polar surface area (TPSA) is 165 Å². The summed E-state index contributed by atoms with van der Waals surface area (Å²) in [5, 5.41) is 24.0. The number of pyridine rings is 1. The number of carbonyl (C=O) groups is 4. The van der Waals surface area contributed by atoms with Gasteiger partial charge in [-0.05, 0) is 81.6 Å². The van der Waals surface area contributed by atoms with Gasteiger partial charge in [0.15, 0.2) is 17.3 Å². The molecule has 1 aliphatic heterocycles. The first-order valence-corrected chi connectivity index (χ1v) is 17.4. The fourth-order valence-electron chi connectivity index (χ4n) is 5.92. The summed E-state index contributed by atoms with van der Waals surface area (Å²) in [4.78, 5) is 58.6. The Bertz CT molecular complexity index is 2040. The van der Waals surface area contributed by atoms with Gasteiger partial charge in [-0.1, -0.05) is 66.7 Å². The van der Waals surface area contributed by atoms with Crippen LogP contribution in [-0.4, -0.2) is 68.8 Å². The number of rotatable bonds is 14. The first-order chi connectivity index (χ1) is 25.8. The summed E-state index contributed by atoms with van der Waals surface area (Å²) in [6, 6.07) is 26.4. The van der Waals surface area contributed by atoms with Gasteiger partial charge in [0, 0.05) is 41.6 Å². The van der Waals surface area contributed by atoms with E-state index in [0.717, 1.165) is 11.1 Å².